The molecule has 0 radical (unpaired) electrons. The molecule has 2 amide bonds. The number of nitrogens with one attached hydrogen (secondary N) is 2. The minimum absolute atomic E-state index is 0.123. The molecule has 1 atom stereocenters. The van der Waals surface area contributed by atoms with E-state index in [1.807, 2.05) is 18.2 Å². The molecule has 2 aromatic rings. The van der Waals surface area contributed by atoms with E-state index in [2.05, 4.69) is 10.6 Å². The SMILES string of the molecule is O=C(COC(=O)C[C@H]1Sc2ccccc2NC1=O)Nc1ccc2c(c1)OCCO2. The molecule has 8 nitrogen and oxygen atoms in total. The van der Waals surface area contributed by atoms with Gasteiger partial charge in [-0.15, -0.1) is 11.8 Å². The van der Waals surface area contributed by atoms with E-state index in [1.165, 1.54) is 11.8 Å². The summed E-state index contributed by atoms with van der Waals surface area (Å²) in [5.41, 5.74) is 1.24. The Bertz CT molecular complexity index is 964. The van der Waals surface area contributed by atoms with Gasteiger partial charge in [-0.05, 0) is 24.3 Å². The topological polar surface area (TPSA) is 103 Å². The summed E-state index contributed by atoms with van der Waals surface area (Å²) in [6.07, 6.45) is -0.123. The highest BCUT2D eigenvalue weighted by molar-refractivity contribution is 8.01. The van der Waals surface area contributed by atoms with Gasteiger partial charge in [0.15, 0.2) is 18.1 Å². The summed E-state index contributed by atoms with van der Waals surface area (Å²) in [6.45, 7) is 0.486. The molecule has 2 aromatic carbocycles. The number of benzene rings is 2. The second-order valence-corrected chi connectivity index (χ2v) is 7.61. The van der Waals surface area contributed by atoms with Crippen molar-refractivity contribution >= 4 is 40.9 Å². The fourth-order valence-electron chi connectivity index (χ4n) is 2.90. The highest BCUT2D eigenvalue weighted by Gasteiger charge is 2.29. The van der Waals surface area contributed by atoms with Gasteiger partial charge in [0.2, 0.25) is 5.91 Å². The molecule has 2 aliphatic rings. The minimum Gasteiger partial charge on any atom is -0.486 e. The van der Waals surface area contributed by atoms with E-state index in [9.17, 15) is 14.4 Å². The molecular weight excluding hydrogens is 396 g/mol. The molecule has 150 valence electrons. The third-order valence-electron chi connectivity index (χ3n) is 4.25. The molecule has 0 spiro atoms. The predicted molar refractivity (Wildman–Crippen MR) is 106 cm³/mol. The van der Waals surface area contributed by atoms with Crippen molar-refractivity contribution in [3.8, 4) is 11.5 Å². The van der Waals surface area contributed by atoms with Crippen LogP contribution in [0.5, 0.6) is 11.5 Å². The first-order chi connectivity index (χ1) is 14.1. The van der Waals surface area contributed by atoms with Crippen LogP contribution in [0, 0.1) is 0 Å². The van der Waals surface area contributed by atoms with Crippen molar-refractivity contribution in [2.24, 2.45) is 0 Å². The maximum absolute atomic E-state index is 12.1. The van der Waals surface area contributed by atoms with E-state index < -0.39 is 23.7 Å². The number of amides is 2. The fourth-order valence-corrected chi connectivity index (χ4v) is 4.00. The highest BCUT2D eigenvalue weighted by atomic mass is 32.2. The van der Waals surface area contributed by atoms with Crippen LogP contribution in [0.25, 0.3) is 0 Å². The third-order valence-corrected chi connectivity index (χ3v) is 5.52. The van der Waals surface area contributed by atoms with Gasteiger partial charge in [0, 0.05) is 16.6 Å². The summed E-state index contributed by atoms with van der Waals surface area (Å²) in [5, 5.41) is 4.81. The second kappa shape index (κ2) is 8.44. The smallest absolute Gasteiger partial charge is 0.307 e. The molecule has 4 rings (SSSR count). The van der Waals surface area contributed by atoms with E-state index in [1.54, 1.807) is 24.3 Å². The number of carbonyl (C=O) groups excluding carboxylic acids is 3. The number of hydrogen-bond donors (Lipinski definition) is 2. The maximum atomic E-state index is 12.1. The van der Waals surface area contributed by atoms with Crippen LogP contribution in [0.4, 0.5) is 11.4 Å². The van der Waals surface area contributed by atoms with E-state index in [4.69, 9.17) is 14.2 Å². The number of rotatable bonds is 5. The van der Waals surface area contributed by atoms with Gasteiger partial charge < -0.3 is 24.8 Å². The van der Waals surface area contributed by atoms with Crippen molar-refractivity contribution in [1.82, 2.24) is 0 Å². The lowest BCUT2D eigenvalue weighted by Gasteiger charge is -2.23. The molecular formula is C20H18N2O6S. The second-order valence-electron chi connectivity index (χ2n) is 6.36. The van der Waals surface area contributed by atoms with Gasteiger partial charge in [0.05, 0.1) is 17.4 Å². The number of anilines is 2. The Balaban J connectivity index is 1.26. The summed E-state index contributed by atoms with van der Waals surface area (Å²) < 4.78 is 15.9. The number of carbonyl (C=O) groups is 3. The van der Waals surface area contributed by atoms with E-state index in [-0.39, 0.29) is 12.3 Å². The average Bonchev–Trinajstić information content (AvgIpc) is 2.73. The Morgan fingerprint density at radius 2 is 1.93 bits per heavy atom. The van der Waals surface area contributed by atoms with E-state index in [0.717, 1.165) is 10.6 Å². The molecule has 29 heavy (non-hydrogen) atoms. The van der Waals surface area contributed by atoms with Crippen LogP contribution >= 0.6 is 11.8 Å². The van der Waals surface area contributed by atoms with Crippen LogP contribution in [0.15, 0.2) is 47.4 Å². The van der Waals surface area contributed by atoms with Gasteiger partial charge in [0.25, 0.3) is 5.91 Å². The third kappa shape index (κ3) is 4.62. The molecule has 9 heteroatoms. The Hall–Kier alpha value is -3.20. The van der Waals surface area contributed by atoms with E-state index >= 15 is 0 Å². The summed E-state index contributed by atoms with van der Waals surface area (Å²) in [6, 6.07) is 12.4. The summed E-state index contributed by atoms with van der Waals surface area (Å²) in [7, 11) is 0. The van der Waals surface area contributed by atoms with Crippen molar-refractivity contribution in [3.05, 3.63) is 42.5 Å². The van der Waals surface area contributed by atoms with Gasteiger partial charge in [-0.2, -0.15) is 0 Å². The molecule has 2 heterocycles. The van der Waals surface area contributed by atoms with Gasteiger partial charge in [-0.25, -0.2) is 0 Å². The minimum atomic E-state index is -0.616. The van der Waals surface area contributed by atoms with Crippen LogP contribution in [0.1, 0.15) is 6.42 Å². The van der Waals surface area contributed by atoms with Crippen LogP contribution in [0.3, 0.4) is 0 Å². The number of ether oxygens (including phenoxy) is 3. The van der Waals surface area contributed by atoms with Crippen molar-refractivity contribution in [2.75, 3.05) is 30.5 Å². The van der Waals surface area contributed by atoms with Gasteiger partial charge in [-0.3, -0.25) is 14.4 Å². The molecule has 0 aromatic heterocycles. The van der Waals surface area contributed by atoms with Crippen molar-refractivity contribution in [3.63, 3.8) is 0 Å². The largest absolute Gasteiger partial charge is 0.486 e. The van der Waals surface area contributed by atoms with Crippen LogP contribution < -0.4 is 20.1 Å². The first-order valence-electron chi connectivity index (χ1n) is 9.00. The monoisotopic (exact) mass is 414 g/mol. The molecule has 0 saturated carbocycles. The fraction of sp³-hybridized carbons (Fsp3) is 0.250. The lowest BCUT2D eigenvalue weighted by Crippen LogP contribution is -2.32. The molecule has 0 saturated heterocycles. The highest BCUT2D eigenvalue weighted by Crippen LogP contribution is 2.36. The first kappa shape index (κ1) is 19.1. The van der Waals surface area contributed by atoms with Gasteiger partial charge in [0.1, 0.15) is 13.2 Å². The van der Waals surface area contributed by atoms with Crippen molar-refractivity contribution in [2.45, 2.75) is 16.6 Å². The lowest BCUT2D eigenvalue weighted by atomic mass is 10.2. The number of fused-ring (bicyclic) bond motifs is 2. The number of thioether (sulfide) groups is 1. The number of hydrogen-bond acceptors (Lipinski definition) is 7. The molecule has 0 bridgehead atoms. The summed E-state index contributed by atoms with van der Waals surface area (Å²) >= 11 is 1.30. The summed E-state index contributed by atoms with van der Waals surface area (Å²) in [4.78, 5) is 37.2. The Labute approximate surface area is 170 Å². The number of esters is 1. The Morgan fingerprint density at radius 3 is 2.79 bits per heavy atom. The van der Waals surface area contributed by atoms with Crippen LogP contribution in [-0.4, -0.2) is 42.9 Å². The number of para-hydroxylation sites is 1. The van der Waals surface area contributed by atoms with Gasteiger partial charge >= 0.3 is 5.97 Å². The van der Waals surface area contributed by atoms with E-state index in [0.29, 0.717) is 30.4 Å². The first-order valence-corrected chi connectivity index (χ1v) is 9.88. The van der Waals surface area contributed by atoms with Gasteiger partial charge in [-0.1, -0.05) is 12.1 Å². The quantitative estimate of drug-likeness (QED) is 0.725. The van der Waals surface area contributed by atoms with Crippen molar-refractivity contribution < 1.29 is 28.6 Å². The standard InChI is InChI=1S/C20H18N2O6S/c23-18(21-12-5-6-14-15(9-12)27-8-7-26-14)11-28-19(24)10-17-20(25)22-13-3-1-2-4-16(13)29-17/h1-6,9,17H,7-8,10-11H2,(H,21,23)(H,22,25)/t17-/m1/s1. The zero-order valence-corrected chi connectivity index (χ0v) is 16.1. The normalized spacial score (nSPS) is 17.0. The molecule has 0 unspecified atom stereocenters. The Kier molecular flexibility index (Phi) is 5.57. The molecule has 2 aliphatic heterocycles. The van der Waals surface area contributed by atoms with Crippen LogP contribution in [-0.2, 0) is 19.1 Å². The lowest BCUT2D eigenvalue weighted by molar-refractivity contribution is -0.147. The molecule has 0 aliphatic carbocycles. The zero-order valence-electron chi connectivity index (χ0n) is 15.3. The molecule has 2 N–H and O–H groups in total. The van der Waals surface area contributed by atoms with Crippen LogP contribution in [0.2, 0.25) is 0 Å². The van der Waals surface area contributed by atoms with Crippen molar-refractivity contribution in [1.29, 1.82) is 0 Å². The summed E-state index contributed by atoms with van der Waals surface area (Å²) in [5.74, 6) is -0.195. The zero-order chi connectivity index (χ0) is 20.2. The molecule has 0 fully saturated rings. The maximum Gasteiger partial charge on any atom is 0.307 e. The Morgan fingerprint density at radius 1 is 1.14 bits per heavy atom. The average molecular weight is 414 g/mol. The predicted octanol–water partition coefficient (Wildman–Crippen LogP) is 2.44.